The lowest BCUT2D eigenvalue weighted by molar-refractivity contribution is -0.114. The third-order valence-corrected chi connectivity index (χ3v) is 4.24. The van der Waals surface area contributed by atoms with Gasteiger partial charge < -0.3 is 5.32 Å². The van der Waals surface area contributed by atoms with Crippen LogP contribution >= 0.6 is 11.8 Å². The lowest BCUT2D eigenvalue weighted by Gasteiger charge is -2.14. The number of para-hydroxylation sites is 1. The van der Waals surface area contributed by atoms with Crippen molar-refractivity contribution in [3.63, 3.8) is 0 Å². The van der Waals surface area contributed by atoms with Crippen molar-refractivity contribution in [3.05, 3.63) is 59.7 Å². The van der Waals surface area contributed by atoms with Crippen LogP contribution in [-0.2, 0) is 16.0 Å². The number of hydrogen-bond acceptors (Lipinski definition) is 3. The van der Waals surface area contributed by atoms with Crippen molar-refractivity contribution in [2.45, 2.75) is 31.6 Å². The predicted octanol–water partition coefficient (Wildman–Crippen LogP) is 4.26. The Kier molecular flexibility index (Phi) is 5.78. The van der Waals surface area contributed by atoms with Crippen LogP contribution in [-0.4, -0.2) is 11.0 Å². The lowest BCUT2D eigenvalue weighted by atomic mass is 10.0. The molecule has 0 unspecified atom stereocenters. The second-order valence-corrected chi connectivity index (χ2v) is 6.06. The minimum atomic E-state index is -0.133. The van der Waals surface area contributed by atoms with Gasteiger partial charge in [-0.1, -0.05) is 49.4 Å². The topological polar surface area (TPSA) is 46.2 Å². The summed E-state index contributed by atoms with van der Waals surface area (Å²) in [4.78, 5) is 24.1. The number of thioether (sulfide) groups is 1. The van der Waals surface area contributed by atoms with E-state index in [2.05, 4.69) is 17.4 Å². The Morgan fingerprint density at radius 3 is 2.41 bits per heavy atom. The fourth-order valence-corrected chi connectivity index (χ4v) is 2.96. The van der Waals surface area contributed by atoms with Crippen LogP contribution in [0.5, 0.6) is 0 Å². The van der Waals surface area contributed by atoms with Gasteiger partial charge in [-0.05, 0) is 35.4 Å². The van der Waals surface area contributed by atoms with E-state index < -0.39 is 0 Å². The maximum absolute atomic E-state index is 11.7. The van der Waals surface area contributed by atoms with E-state index >= 15 is 0 Å². The highest BCUT2D eigenvalue weighted by molar-refractivity contribution is 8.13. The zero-order valence-corrected chi connectivity index (χ0v) is 13.6. The Balaban J connectivity index is 2.37. The summed E-state index contributed by atoms with van der Waals surface area (Å²) >= 11 is 1.18. The number of carbonyl (C=O) groups excluding carboxylic acids is 2. The fraction of sp³-hybridized carbons (Fsp3) is 0.222. The maximum atomic E-state index is 11.7. The third-order valence-electron chi connectivity index (χ3n) is 3.16. The lowest BCUT2D eigenvalue weighted by Crippen LogP contribution is -2.10. The molecule has 0 saturated carbocycles. The molecule has 4 heteroatoms. The Morgan fingerprint density at radius 1 is 1.05 bits per heavy atom. The van der Waals surface area contributed by atoms with E-state index in [4.69, 9.17) is 0 Å². The molecule has 0 heterocycles. The zero-order chi connectivity index (χ0) is 15.9. The number of anilines is 1. The van der Waals surface area contributed by atoms with Crippen LogP contribution in [0.2, 0.25) is 0 Å². The van der Waals surface area contributed by atoms with Crippen molar-refractivity contribution in [3.8, 4) is 0 Å². The Morgan fingerprint density at radius 2 is 1.77 bits per heavy atom. The Labute approximate surface area is 135 Å². The molecule has 0 atom stereocenters. The number of nitrogens with one attached hydrogen (secondary N) is 1. The van der Waals surface area contributed by atoms with Crippen LogP contribution in [0, 0.1) is 0 Å². The molecule has 0 aliphatic rings. The predicted molar refractivity (Wildman–Crippen MR) is 91.1 cm³/mol. The van der Waals surface area contributed by atoms with E-state index in [1.54, 1.807) is 0 Å². The molecule has 114 valence electrons. The molecule has 0 spiro atoms. The van der Waals surface area contributed by atoms with E-state index in [1.165, 1.54) is 18.7 Å². The molecule has 0 bridgehead atoms. The Bertz CT molecular complexity index is 668. The highest BCUT2D eigenvalue weighted by Crippen LogP contribution is 2.32. The first-order chi connectivity index (χ1) is 10.6. The first-order valence-corrected chi connectivity index (χ1v) is 8.06. The molecule has 2 rings (SSSR count). The average Bonchev–Trinajstić information content (AvgIpc) is 2.51. The first-order valence-electron chi connectivity index (χ1n) is 7.24. The standard InChI is InChI=1S/C18H19NO2S/c1-3-17(21)22-16-11-7-10-15(18(16)19-13(2)20)12-14-8-5-4-6-9-14/h4-11H,3,12H2,1-2H3,(H,19,20). The second-order valence-electron chi connectivity index (χ2n) is 4.96. The number of rotatable bonds is 5. The summed E-state index contributed by atoms with van der Waals surface area (Å²) in [5, 5.41) is 2.97. The van der Waals surface area contributed by atoms with Crippen LogP contribution in [0.4, 0.5) is 5.69 Å². The van der Waals surface area contributed by atoms with Crippen molar-refractivity contribution < 1.29 is 9.59 Å². The van der Waals surface area contributed by atoms with Crippen LogP contribution in [0.25, 0.3) is 0 Å². The molecule has 0 aliphatic heterocycles. The normalized spacial score (nSPS) is 10.3. The van der Waals surface area contributed by atoms with Gasteiger partial charge in [0.2, 0.25) is 5.91 Å². The molecule has 0 fully saturated rings. The van der Waals surface area contributed by atoms with E-state index in [9.17, 15) is 9.59 Å². The average molecular weight is 313 g/mol. The van der Waals surface area contributed by atoms with E-state index in [-0.39, 0.29) is 11.0 Å². The molecule has 0 aliphatic carbocycles. The summed E-state index contributed by atoms with van der Waals surface area (Å²) < 4.78 is 0. The number of carbonyl (C=O) groups is 2. The molecule has 0 saturated heterocycles. The maximum Gasteiger partial charge on any atom is 0.221 e. The summed E-state index contributed by atoms with van der Waals surface area (Å²) in [6.07, 6.45) is 1.18. The van der Waals surface area contributed by atoms with Crippen molar-refractivity contribution in [2.75, 3.05) is 5.32 Å². The summed E-state index contributed by atoms with van der Waals surface area (Å²) in [5.74, 6) is -0.133. The highest BCUT2D eigenvalue weighted by Gasteiger charge is 2.13. The largest absolute Gasteiger partial charge is 0.325 e. The van der Waals surface area contributed by atoms with Crippen LogP contribution in [0.3, 0.4) is 0 Å². The van der Waals surface area contributed by atoms with Gasteiger partial charge in [0.25, 0.3) is 0 Å². The van der Waals surface area contributed by atoms with Gasteiger partial charge in [0.1, 0.15) is 0 Å². The summed E-state index contributed by atoms with van der Waals surface area (Å²) in [6.45, 7) is 3.32. The molecule has 1 N–H and O–H groups in total. The monoisotopic (exact) mass is 313 g/mol. The quantitative estimate of drug-likeness (QED) is 0.839. The van der Waals surface area contributed by atoms with Gasteiger partial charge in [-0.15, -0.1) is 0 Å². The second kappa shape index (κ2) is 7.80. The number of hydrogen-bond donors (Lipinski definition) is 1. The summed E-state index contributed by atoms with van der Waals surface area (Å²) in [7, 11) is 0. The smallest absolute Gasteiger partial charge is 0.221 e. The van der Waals surface area contributed by atoms with Gasteiger partial charge in [-0.25, -0.2) is 0 Å². The van der Waals surface area contributed by atoms with Crippen LogP contribution < -0.4 is 5.32 Å². The van der Waals surface area contributed by atoms with Crippen molar-refractivity contribution >= 4 is 28.5 Å². The van der Waals surface area contributed by atoms with Gasteiger partial charge in [0.05, 0.1) is 5.69 Å². The molecule has 22 heavy (non-hydrogen) atoms. The fourth-order valence-electron chi connectivity index (χ4n) is 2.14. The van der Waals surface area contributed by atoms with Crippen LogP contribution in [0.1, 0.15) is 31.4 Å². The van der Waals surface area contributed by atoms with Crippen molar-refractivity contribution in [1.29, 1.82) is 0 Å². The number of benzene rings is 2. The Hall–Kier alpha value is -2.07. The van der Waals surface area contributed by atoms with E-state index in [0.29, 0.717) is 12.8 Å². The SMILES string of the molecule is CCC(=O)Sc1cccc(Cc2ccccc2)c1NC(C)=O. The molecule has 1 amide bonds. The minimum absolute atomic E-state index is 0.0865. The first kappa shape index (κ1) is 16.3. The molecular weight excluding hydrogens is 294 g/mol. The van der Waals surface area contributed by atoms with Gasteiger partial charge in [0, 0.05) is 18.2 Å². The highest BCUT2D eigenvalue weighted by atomic mass is 32.2. The molecule has 0 radical (unpaired) electrons. The van der Waals surface area contributed by atoms with Crippen molar-refractivity contribution in [1.82, 2.24) is 0 Å². The van der Waals surface area contributed by atoms with Gasteiger partial charge in [-0.3, -0.25) is 9.59 Å². The van der Waals surface area contributed by atoms with Gasteiger partial charge in [0.15, 0.2) is 5.12 Å². The third kappa shape index (κ3) is 4.46. The molecular formula is C18H19NO2S. The van der Waals surface area contributed by atoms with Crippen LogP contribution in [0.15, 0.2) is 53.4 Å². The molecule has 2 aromatic carbocycles. The van der Waals surface area contributed by atoms with Crippen molar-refractivity contribution in [2.24, 2.45) is 0 Å². The van der Waals surface area contributed by atoms with E-state index in [1.807, 2.05) is 43.3 Å². The van der Waals surface area contributed by atoms with Gasteiger partial charge in [-0.2, -0.15) is 0 Å². The van der Waals surface area contributed by atoms with E-state index in [0.717, 1.165) is 21.7 Å². The summed E-state index contributed by atoms with van der Waals surface area (Å²) in [6, 6.07) is 15.8. The molecule has 0 aromatic heterocycles. The molecule has 3 nitrogen and oxygen atoms in total. The van der Waals surface area contributed by atoms with Gasteiger partial charge >= 0.3 is 0 Å². The minimum Gasteiger partial charge on any atom is -0.325 e. The number of amides is 1. The molecule has 2 aromatic rings. The zero-order valence-electron chi connectivity index (χ0n) is 12.8. The summed E-state index contributed by atoms with van der Waals surface area (Å²) in [5.41, 5.74) is 2.92.